The quantitative estimate of drug-likeness (QED) is 0.744. The van der Waals surface area contributed by atoms with E-state index in [1.807, 2.05) is 19.2 Å². The summed E-state index contributed by atoms with van der Waals surface area (Å²) in [6.07, 6.45) is 2.84. The predicted molar refractivity (Wildman–Crippen MR) is 110 cm³/mol. The van der Waals surface area contributed by atoms with Crippen LogP contribution in [-0.4, -0.2) is 58.0 Å². The number of amides is 2. The fourth-order valence-corrected chi connectivity index (χ4v) is 4.37. The van der Waals surface area contributed by atoms with Gasteiger partial charge in [-0.1, -0.05) is 0 Å². The minimum absolute atomic E-state index is 0.213. The zero-order valence-electron chi connectivity index (χ0n) is 16.9. The molecular weight excluding hydrogens is 370 g/mol. The molecule has 2 amide bonds. The van der Waals surface area contributed by atoms with Crippen molar-refractivity contribution in [3.8, 4) is 0 Å². The van der Waals surface area contributed by atoms with Gasteiger partial charge in [-0.25, -0.2) is 0 Å². The van der Waals surface area contributed by atoms with Crippen LogP contribution in [0.5, 0.6) is 0 Å². The number of benzene rings is 1. The predicted octanol–water partition coefficient (Wildman–Crippen LogP) is 1.56. The van der Waals surface area contributed by atoms with Crippen LogP contribution in [0.25, 0.3) is 10.9 Å². The van der Waals surface area contributed by atoms with Gasteiger partial charge in [-0.05, 0) is 44.4 Å². The van der Waals surface area contributed by atoms with Crippen LogP contribution in [0, 0.1) is 0 Å². The van der Waals surface area contributed by atoms with E-state index in [2.05, 4.69) is 26.7 Å². The zero-order chi connectivity index (χ0) is 20.5. The van der Waals surface area contributed by atoms with Crippen LogP contribution < -0.4 is 10.6 Å². The van der Waals surface area contributed by atoms with E-state index in [4.69, 9.17) is 0 Å². The molecule has 2 aliphatic heterocycles. The molecule has 0 saturated carbocycles. The highest BCUT2D eigenvalue weighted by atomic mass is 16.2. The Morgan fingerprint density at radius 3 is 2.69 bits per heavy atom. The lowest BCUT2D eigenvalue weighted by molar-refractivity contribution is -0.134. The molecule has 0 aliphatic carbocycles. The Bertz CT molecular complexity index is 959. The van der Waals surface area contributed by atoms with Gasteiger partial charge in [0.1, 0.15) is 5.78 Å². The molecule has 2 saturated heterocycles. The van der Waals surface area contributed by atoms with Gasteiger partial charge in [-0.2, -0.15) is 5.10 Å². The Labute approximate surface area is 169 Å². The van der Waals surface area contributed by atoms with Gasteiger partial charge in [0.05, 0.1) is 23.7 Å². The second-order valence-corrected chi connectivity index (χ2v) is 8.14. The highest BCUT2D eigenvalue weighted by Crippen LogP contribution is 2.31. The average molecular weight is 397 g/mol. The number of carbonyl (C=O) groups is 3. The van der Waals surface area contributed by atoms with Gasteiger partial charge in [0, 0.05) is 43.7 Å². The number of Topliss-reactive ketones (excluding diaryl/α,β-unsaturated/α-hetero) is 1. The number of aryl methyl sites for hydroxylation is 1. The number of hydrogen-bond acceptors (Lipinski definition) is 6. The fraction of sp³-hybridized carbons (Fsp3) is 0.524. The lowest BCUT2D eigenvalue weighted by atomic mass is 9.93. The van der Waals surface area contributed by atoms with Crippen LogP contribution in [0.2, 0.25) is 0 Å². The first-order valence-electron chi connectivity index (χ1n) is 10.2. The first kappa shape index (κ1) is 19.6. The van der Waals surface area contributed by atoms with Gasteiger partial charge < -0.3 is 5.32 Å². The molecule has 3 heterocycles. The van der Waals surface area contributed by atoms with Crippen molar-refractivity contribution in [2.45, 2.75) is 44.6 Å². The molecule has 0 radical (unpaired) electrons. The number of fused-ring (bicyclic) bond motifs is 1. The van der Waals surface area contributed by atoms with Crippen molar-refractivity contribution >= 4 is 34.2 Å². The number of anilines is 1. The van der Waals surface area contributed by atoms with Gasteiger partial charge in [-0.3, -0.25) is 29.3 Å². The van der Waals surface area contributed by atoms with Gasteiger partial charge in [0.25, 0.3) is 0 Å². The Balaban J connectivity index is 1.48. The minimum Gasteiger partial charge on any atom is -0.382 e. The molecule has 8 nitrogen and oxygen atoms in total. The van der Waals surface area contributed by atoms with Crippen LogP contribution in [0.4, 0.5) is 5.69 Å². The number of piperidine rings is 2. The second kappa shape index (κ2) is 7.94. The maximum Gasteiger partial charge on any atom is 0.235 e. The normalized spacial score (nSPS) is 21.4. The van der Waals surface area contributed by atoms with Crippen molar-refractivity contribution in [1.82, 2.24) is 20.0 Å². The zero-order valence-corrected chi connectivity index (χ0v) is 16.9. The molecule has 2 aromatic rings. The average Bonchev–Trinajstić information content (AvgIpc) is 2.99. The molecule has 1 atom stereocenters. The molecule has 2 N–H and O–H groups in total. The summed E-state index contributed by atoms with van der Waals surface area (Å²) in [5.41, 5.74) is 2.72. The number of aromatic nitrogens is 2. The molecule has 1 aromatic heterocycles. The third kappa shape index (κ3) is 4.17. The molecule has 8 heteroatoms. The van der Waals surface area contributed by atoms with Gasteiger partial charge in [-0.15, -0.1) is 0 Å². The van der Waals surface area contributed by atoms with Gasteiger partial charge in [0.2, 0.25) is 11.8 Å². The molecule has 0 bridgehead atoms. The number of hydrogen-bond donors (Lipinski definition) is 2. The second-order valence-electron chi connectivity index (χ2n) is 8.14. The third-order valence-electron chi connectivity index (χ3n) is 5.85. The highest BCUT2D eigenvalue weighted by Gasteiger charge is 2.31. The Hall–Kier alpha value is -2.74. The number of nitrogens with one attached hydrogen (secondary N) is 2. The van der Waals surface area contributed by atoms with Crippen LogP contribution >= 0.6 is 0 Å². The highest BCUT2D eigenvalue weighted by molar-refractivity contribution is 6.02. The number of imide groups is 1. The molecule has 29 heavy (non-hydrogen) atoms. The summed E-state index contributed by atoms with van der Waals surface area (Å²) in [4.78, 5) is 37.2. The monoisotopic (exact) mass is 397 g/mol. The van der Waals surface area contributed by atoms with E-state index < -0.39 is 0 Å². The van der Waals surface area contributed by atoms with E-state index in [1.54, 1.807) is 11.6 Å². The van der Waals surface area contributed by atoms with Crippen LogP contribution in [-0.2, 0) is 21.4 Å². The van der Waals surface area contributed by atoms with Crippen molar-refractivity contribution in [2.75, 3.05) is 25.0 Å². The van der Waals surface area contributed by atoms with Gasteiger partial charge >= 0.3 is 0 Å². The Morgan fingerprint density at radius 1 is 1.24 bits per heavy atom. The Morgan fingerprint density at radius 2 is 2.00 bits per heavy atom. The fourth-order valence-electron chi connectivity index (χ4n) is 4.37. The minimum atomic E-state index is -0.388. The first-order valence-corrected chi connectivity index (χ1v) is 10.2. The standard InChI is InChI=1S/C21H27N5O3/c1-13(27)12-26-9-7-14(8-10-26)22-15-3-4-16-18(11-15)25(2)24-20(16)17-5-6-19(28)23-21(17)29/h3-4,11,14,17,22H,5-10,12H2,1-2H3,(H,23,28,29). The van der Waals surface area contributed by atoms with Crippen LogP contribution in [0.3, 0.4) is 0 Å². The number of likely N-dealkylation sites (tertiary alicyclic amines) is 1. The molecule has 154 valence electrons. The van der Waals surface area contributed by atoms with E-state index in [-0.39, 0.29) is 23.5 Å². The maximum atomic E-state index is 12.3. The summed E-state index contributed by atoms with van der Waals surface area (Å²) in [7, 11) is 1.88. The van der Waals surface area contributed by atoms with Crippen molar-refractivity contribution in [2.24, 2.45) is 7.05 Å². The first-order chi connectivity index (χ1) is 13.9. The number of nitrogens with zero attached hydrogens (tertiary/aromatic N) is 3. The molecule has 4 rings (SSSR count). The number of carbonyl (C=O) groups excluding carboxylic acids is 3. The third-order valence-corrected chi connectivity index (χ3v) is 5.85. The van der Waals surface area contributed by atoms with Crippen molar-refractivity contribution in [1.29, 1.82) is 0 Å². The maximum absolute atomic E-state index is 12.3. The van der Waals surface area contributed by atoms with Gasteiger partial charge in [0.15, 0.2) is 0 Å². The Kier molecular flexibility index (Phi) is 5.36. The lowest BCUT2D eigenvalue weighted by Crippen LogP contribution is -2.41. The summed E-state index contributed by atoms with van der Waals surface area (Å²) in [5, 5.41) is 11.6. The molecule has 2 aliphatic rings. The summed E-state index contributed by atoms with van der Waals surface area (Å²) in [5.74, 6) is -0.654. The number of rotatable bonds is 5. The molecule has 0 spiro atoms. The summed E-state index contributed by atoms with van der Waals surface area (Å²) < 4.78 is 1.80. The molecular formula is C21H27N5O3. The lowest BCUT2D eigenvalue weighted by Gasteiger charge is -2.32. The molecule has 1 unspecified atom stereocenters. The van der Waals surface area contributed by atoms with Crippen LogP contribution in [0.15, 0.2) is 18.2 Å². The largest absolute Gasteiger partial charge is 0.382 e. The summed E-state index contributed by atoms with van der Waals surface area (Å²) in [6.45, 7) is 4.02. The van der Waals surface area contributed by atoms with E-state index in [0.717, 1.165) is 48.2 Å². The van der Waals surface area contributed by atoms with Crippen molar-refractivity contribution < 1.29 is 14.4 Å². The van der Waals surface area contributed by atoms with Crippen molar-refractivity contribution in [3.63, 3.8) is 0 Å². The molecule has 1 aromatic carbocycles. The van der Waals surface area contributed by atoms with Crippen LogP contribution in [0.1, 0.15) is 44.2 Å². The number of ketones is 1. The van der Waals surface area contributed by atoms with E-state index in [0.29, 0.717) is 25.4 Å². The van der Waals surface area contributed by atoms with E-state index in [1.165, 1.54) is 0 Å². The van der Waals surface area contributed by atoms with E-state index >= 15 is 0 Å². The van der Waals surface area contributed by atoms with E-state index in [9.17, 15) is 14.4 Å². The summed E-state index contributed by atoms with van der Waals surface area (Å²) >= 11 is 0. The summed E-state index contributed by atoms with van der Waals surface area (Å²) in [6, 6.07) is 6.48. The molecule has 2 fully saturated rings. The smallest absolute Gasteiger partial charge is 0.235 e. The van der Waals surface area contributed by atoms with Crippen molar-refractivity contribution in [3.05, 3.63) is 23.9 Å². The SMILES string of the molecule is CC(=O)CN1CCC(Nc2ccc3c(C4CCC(=O)NC4=O)nn(C)c3c2)CC1. The topological polar surface area (TPSA) is 96.3 Å².